The van der Waals surface area contributed by atoms with Crippen LogP contribution >= 0.6 is 11.3 Å². The molecule has 0 bridgehead atoms. The number of nitrogens with zero attached hydrogens (tertiary/aromatic N) is 2. The van der Waals surface area contributed by atoms with Gasteiger partial charge in [-0.15, -0.1) is 11.3 Å². The smallest absolute Gasteiger partial charge is 0.228 e. The number of piperidine rings is 1. The van der Waals surface area contributed by atoms with Crippen LogP contribution in [0, 0.1) is 18.8 Å². The minimum absolute atomic E-state index is 0.0142. The first-order valence-electron chi connectivity index (χ1n) is 13.9. The van der Waals surface area contributed by atoms with Gasteiger partial charge in [-0.3, -0.25) is 4.79 Å². The van der Waals surface area contributed by atoms with Crippen LogP contribution in [0.3, 0.4) is 0 Å². The Labute approximate surface area is 214 Å². The normalized spacial score (nSPS) is 31.9. The highest BCUT2D eigenvalue weighted by Gasteiger charge is 2.53. The third kappa shape index (κ3) is 4.36. The Morgan fingerprint density at radius 1 is 1.11 bits per heavy atom. The average molecular weight is 493 g/mol. The summed E-state index contributed by atoms with van der Waals surface area (Å²) in [6.07, 6.45) is 9.79. The maximum atomic E-state index is 14.5. The Morgan fingerprint density at radius 2 is 1.94 bits per heavy atom. The minimum atomic E-state index is -0.116. The lowest BCUT2D eigenvalue weighted by atomic mass is 9.71. The highest BCUT2D eigenvalue weighted by molar-refractivity contribution is 7.11. The maximum absolute atomic E-state index is 14.5. The van der Waals surface area contributed by atoms with Crippen LogP contribution in [-0.2, 0) is 16.8 Å². The van der Waals surface area contributed by atoms with Crippen LogP contribution in [0.15, 0.2) is 30.3 Å². The van der Waals surface area contributed by atoms with E-state index >= 15 is 0 Å². The molecule has 3 aliphatic heterocycles. The summed E-state index contributed by atoms with van der Waals surface area (Å²) in [6, 6.07) is 11.4. The van der Waals surface area contributed by atoms with Gasteiger partial charge in [0.25, 0.3) is 0 Å². The van der Waals surface area contributed by atoms with E-state index in [0.29, 0.717) is 23.8 Å². The lowest BCUT2D eigenvalue weighted by molar-refractivity contribution is -0.142. The fourth-order valence-electron chi connectivity index (χ4n) is 7.66. The van der Waals surface area contributed by atoms with Crippen molar-refractivity contribution in [2.24, 2.45) is 11.8 Å². The third-order valence-electron chi connectivity index (χ3n) is 9.44. The second-order valence-corrected chi connectivity index (χ2v) is 12.6. The highest BCUT2D eigenvalue weighted by Crippen LogP contribution is 2.47. The zero-order chi connectivity index (χ0) is 23.8. The quantitative estimate of drug-likeness (QED) is 0.649. The molecule has 2 saturated heterocycles. The number of hydrogen-bond donors (Lipinski definition) is 2. The number of aromatic nitrogens is 1. The van der Waals surface area contributed by atoms with Gasteiger partial charge in [0.15, 0.2) is 0 Å². The van der Waals surface area contributed by atoms with Crippen LogP contribution in [0.25, 0.3) is 0 Å². The number of rotatable bonds is 3. The first-order chi connectivity index (χ1) is 17.2. The molecule has 2 N–H and O–H groups in total. The Bertz CT molecular complexity index is 1030. The van der Waals surface area contributed by atoms with Gasteiger partial charge in [0.05, 0.1) is 16.6 Å². The zero-order valence-electron chi connectivity index (χ0n) is 21.1. The molecule has 0 unspecified atom stereocenters. The molecule has 35 heavy (non-hydrogen) atoms. The van der Waals surface area contributed by atoms with Gasteiger partial charge >= 0.3 is 0 Å². The summed E-state index contributed by atoms with van der Waals surface area (Å²) in [4.78, 5) is 23.2. The number of carbonyl (C=O) groups excluding carboxylic acids is 1. The molecule has 1 spiro atoms. The van der Waals surface area contributed by atoms with E-state index in [-0.39, 0.29) is 11.3 Å². The lowest BCUT2D eigenvalue weighted by Gasteiger charge is -2.47. The summed E-state index contributed by atoms with van der Waals surface area (Å²) in [5, 5.41) is 8.37. The molecular formula is C29H40N4OS. The van der Waals surface area contributed by atoms with Crippen molar-refractivity contribution < 1.29 is 4.79 Å². The minimum Gasteiger partial charge on any atom is -0.339 e. The summed E-state index contributed by atoms with van der Waals surface area (Å²) in [6.45, 7) is 6.49. The van der Waals surface area contributed by atoms with Crippen molar-refractivity contribution in [3.8, 4) is 0 Å². The van der Waals surface area contributed by atoms with Crippen LogP contribution in [-0.4, -0.2) is 48.0 Å². The number of aryl methyl sites for hydroxylation is 1. The molecule has 6 rings (SSSR count). The van der Waals surface area contributed by atoms with Crippen LogP contribution in [0.4, 0.5) is 0 Å². The summed E-state index contributed by atoms with van der Waals surface area (Å²) in [5.41, 5.74) is 2.52. The number of carbonyl (C=O) groups is 1. The molecule has 1 aliphatic carbocycles. The number of thiazole rings is 1. The summed E-state index contributed by atoms with van der Waals surface area (Å²) in [5.74, 6) is 1.65. The molecule has 1 saturated carbocycles. The van der Waals surface area contributed by atoms with Crippen molar-refractivity contribution in [3.05, 3.63) is 51.5 Å². The molecule has 5 nitrogen and oxygen atoms in total. The van der Waals surface area contributed by atoms with E-state index in [2.05, 4.69) is 52.8 Å². The molecular weight excluding hydrogens is 452 g/mol. The van der Waals surface area contributed by atoms with E-state index in [1.807, 2.05) is 11.3 Å². The monoisotopic (exact) mass is 492 g/mol. The van der Waals surface area contributed by atoms with Gasteiger partial charge < -0.3 is 15.5 Å². The van der Waals surface area contributed by atoms with Gasteiger partial charge in [-0.2, -0.15) is 0 Å². The topological polar surface area (TPSA) is 57.3 Å². The largest absolute Gasteiger partial charge is 0.339 e. The molecule has 4 aliphatic rings. The molecule has 0 radical (unpaired) electrons. The highest BCUT2D eigenvalue weighted by atomic mass is 32.1. The van der Waals surface area contributed by atoms with Crippen molar-refractivity contribution in [2.75, 3.05) is 26.2 Å². The number of nitrogens with one attached hydrogen (secondary N) is 2. The Balaban J connectivity index is 1.31. The predicted molar refractivity (Wildman–Crippen MR) is 142 cm³/mol. The molecule has 1 aromatic carbocycles. The average Bonchev–Trinajstić information content (AvgIpc) is 3.46. The Kier molecular flexibility index (Phi) is 6.72. The van der Waals surface area contributed by atoms with Crippen LogP contribution < -0.4 is 10.6 Å². The predicted octanol–water partition coefficient (Wildman–Crippen LogP) is 4.76. The first kappa shape index (κ1) is 23.6. The van der Waals surface area contributed by atoms with Crippen molar-refractivity contribution >= 4 is 17.2 Å². The standard InChI is InChI=1S/C29H40N4OS/c1-20-32-25-18-30-14-13-29(27(25)35-20)19-31-17-24(29)28(34)33-15-12-23(21-8-4-2-5-9-21)16-26(33)22-10-6-3-7-11-22/h2,4-5,8-9,22-24,26,30-31H,3,6-7,10-19H2,1H3/t23-,24+,26+,29-/m1/s1. The van der Waals surface area contributed by atoms with Crippen molar-refractivity contribution in [1.82, 2.24) is 20.5 Å². The molecule has 1 amide bonds. The number of likely N-dealkylation sites (tertiary alicyclic amines) is 1. The van der Waals surface area contributed by atoms with Crippen molar-refractivity contribution in [1.29, 1.82) is 0 Å². The van der Waals surface area contributed by atoms with Crippen LogP contribution in [0.5, 0.6) is 0 Å². The van der Waals surface area contributed by atoms with E-state index < -0.39 is 0 Å². The van der Waals surface area contributed by atoms with E-state index in [1.165, 1.54) is 48.2 Å². The molecule has 4 heterocycles. The van der Waals surface area contributed by atoms with E-state index in [4.69, 9.17) is 4.98 Å². The van der Waals surface area contributed by atoms with E-state index in [0.717, 1.165) is 57.0 Å². The second-order valence-electron chi connectivity index (χ2n) is 11.4. The van der Waals surface area contributed by atoms with E-state index in [9.17, 15) is 4.79 Å². The second kappa shape index (κ2) is 9.95. The Morgan fingerprint density at radius 3 is 2.77 bits per heavy atom. The van der Waals surface area contributed by atoms with Crippen molar-refractivity contribution in [3.63, 3.8) is 0 Å². The SMILES string of the molecule is Cc1nc2c(s1)[C@]1(CCNC2)CNC[C@H]1C(=O)N1CC[C@@H](c2ccccc2)C[C@H]1C1CCCCC1. The van der Waals surface area contributed by atoms with Crippen molar-refractivity contribution in [2.45, 2.75) is 82.2 Å². The molecule has 3 fully saturated rings. The van der Waals surface area contributed by atoms with E-state index in [1.54, 1.807) is 0 Å². The number of fused-ring (bicyclic) bond motifs is 2. The van der Waals surface area contributed by atoms with Gasteiger partial charge in [-0.05, 0) is 63.0 Å². The molecule has 1 aromatic heterocycles. The lowest BCUT2D eigenvalue weighted by Crippen LogP contribution is -2.54. The first-order valence-corrected chi connectivity index (χ1v) is 14.7. The number of benzene rings is 1. The number of amides is 1. The molecule has 188 valence electrons. The third-order valence-corrected chi connectivity index (χ3v) is 10.7. The van der Waals surface area contributed by atoms with Gasteiger partial charge in [0.1, 0.15) is 0 Å². The molecule has 2 aromatic rings. The van der Waals surface area contributed by atoms with Crippen LogP contribution in [0.1, 0.15) is 78.4 Å². The fraction of sp³-hybridized carbons (Fsp3) is 0.655. The Hall–Kier alpha value is -1.76. The van der Waals surface area contributed by atoms with Crippen LogP contribution in [0.2, 0.25) is 0 Å². The summed E-state index contributed by atoms with van der Waals surface area (Å²) < 4.78 is 0. The van der Waals surface area contributed by atoms with Gasteiger partial charge in [-0.1, -0.05) is 49.6 Å². The molecule has 6 heteroatoms. The van der Waals surface area contributed by atoms with Gasteiger partial charge in [0, 0.05) is 42.5 Å². The zero-order valence-corrected chi connectivity index (χ0v) is 21.9. The summed E-state index contributed by atoms with van der Waals surface area (Å²) in [7, 11) is 0. The molecule has 4 atom stereocenters. The maximum Gasteiger partial charge on any atom is 0.228 e. The fourth-order valence-corrected chi connectivity index (χ4v) is 8.87. The van der Waals surface area contributed by atoms with Gasteiger partial charge in [0.2, 0.25) is 5.91 Å². The number of hydrogen-bond acceptors (Lipinski definition) is 5. The van der Waals surface area contributed by atoms with Gasteiger partial charge in [-0.25, -0.2) is 4.98 Å². The summed E-state index contributed by atoms with van der Waals surface area (Å²) >= 11 is 1.83.